The summed E-state index contributed by atoms with van der Waals surface area (Å²) in [6.45, 7) is 3.36. The van der Waals surface area contributed by atoms with Gasteiger partial charge in [-0.3, -0.25) is 14.2 Å². The van der Waals surface area contributed by atoms with E-state index in [1.807, 2.05) is 11.0 Å². The highest BCUT2D eigenvalue weighted by Gasteiger charge is 2.29. The Kier molecular flexibility index (Phi) is 7.57. The Morgan fingerprint density at radius 2 is 1.91 bits per heavy atom. The largest absolute Gasteiger partial charge is 0.364 e. The number of aromatic amines is 1. The average Bonchev–Trinajstić information content (AvgIpc) is 2.72. The molecule has 2 atom stereocenters. The smallest absolute Gasteiger partial charge is 0.321 e. The molecular weight excluding hydrogens is 479 g/mol. The highest BCUT2D eigenvalue weighted by molar-refractivity contribution is 7.89. The van der Waals surface area contributed by atoms with E-state index in [4.69, 9.17) is 21.0 Å². The summed E-state index contributed by atoms with van der Waals surface area (Å²) in [4.78, 5) is 31.9. The molecule has 0 amide bonds. The Balaban J connectivity index is 1.94. The van der Waals surface area contributed by atoms with E-state index in [-0.39, 0.29) is 27.4 Å². The topological polar surface area (TPSA) is 135 Å². The van der Waals surface area contributed by atoms with Gasteiger partial charge in [0.1, 0.15) is 10.2 Å². The monoisotopic (exact) mass is 500 g/mol. The van der Waals surface area contributed by atoms with Gasteiger partial charge in [0.05, 0.1) is 17.7 Å². The number of fused-ring (bicyclic) bond motifs is 1. The van der Waals surface area contributed by atoms with Crippen LogP contribution in [0.3, 0.4) is 0 Å². The fraction of sp³-hybridized carbons (Fsp3) is 0.250. The number of rotatable bonds is 9. The van der Waals surface area contributed by atoms with Crippen molar-refractivity contribution in [3.8, 4) is 0 Å². The Labute approximate surface area is 189 Å². The SMILES string of the molecule is CCC(C)OP(=O)(O)c1cc2cc(S(=O)(=O)NOCc3ccccc3)c(Cl)cc2[nH]c1=O. The first-order valence-corrected chi connectivity index (χ1v) is 13.0. The Morgan fingerprint density at radius 3 is 2.56 bits per heavy atom. The number of aromatic nitrogens is 1. The van der Waals surface area contributed by atoms with E-state index in [0.29, 0.717) is 6.42 Å². The maximum Gasteiger partial charge on any atom is 0.364 e. The van der Waals surface area contributed by atoms with Crippen molar-refractivity contribution in [2.75, 3.05) is 0 Å². The molecule has 2 aromatic carbocycles. The molecule has 0 saturated carbocycles. The van der Waals surface area contributed by atoms with Crippen molar-refractivity contribution in [1.29, 1.82) is 0 Å². The minimum absolute atomic E-state index is 0.0105. The zero-order valence-electron chi connectivity index (χ0n) is 17.2. The molecule has 0 aliphatic rings. The predicted octanol–water partition coefficient (Wildman–Crippen LogP) is 3.22. The van der Waals surface area contributed by atoms with E-state index in [1.54, 1.807) is 38.1 Å². The molecule has 0 bridgehead atoms. The van der Waals surface area contributed by atoms with Gasteiger partial charge in [-0.15, -0.1) is 0 Å². The van der Waals surface area contributed by atoms with Crippen LogP contribution in [0.2, 0.25) is 5.02 Å². The van der Waals surface area contributed by atoms with Crippen molar-refractivity contribution >= 4 is 45.4 Å². The standard InChI is InChI=1S/C20H22ClN2O7PS/c1-3-13(2)30-31(25,26)18-9-15-10-19(16(21)11-17(15)22-20(18)24)32(27,28)23-29-12-14-7-5-4-6-8-14/h4-11,13,23H,3,12H2,1-2H3,(H,22,24)(H,25,26). The summed E-state index contributed by atoms with van der Waals surface area (Å²) in [5.74, 6) is 0. The van der Waals surface area contributed by atoms with Gasteiger partial charge in [-0.2, -0.15) is 0 Å². The molecule has 0 radical (unpaired) electrons. The Bertz CT molecular complexity index is 1330. The van der Waals surface area contributed by atoms with Crippen LogP contribution in [0.15, 0.2) is 58.2 Å². The summed E-state index contributed by atoms with van der Waals surface area (Å²) in [5, 5.41) is -0.488. The Hall–Kier alpha value is -2.04. The van der Waals surface area contributed by atoms with Gasteiger partial charge in [-0.25, -0.2) is 8.42 Å². The third-order valence-electron chi connectivity index (χ3n) is 4.62. The van der Waals surface area contributed by atoms with Crippen LogP contribution in [0.1, 0.15) is 25.8 Å². The minimum Gasteiger partial charge on any atom is -0.321 e. The van der Waals surface area contributed by atoms with Gasteiger partial charge in [-0.1, -0.05) is 53.7 Å². The van der Waals surface area contributed by atoms with Crippen LogP contribution in [0.5, 0.6) is 0 Å². The molecule has 32 heavy (non-hydrogen) atoms. The van der Waals surface area contributed by atoms with Crippen molar-refractivity contribution in [2.45, 2.75) is 37.9 Å². The average molecular weight is 501 g/mol. The zero-order chi connectivity index (χ0) is 23.5. The maximum absolute atomic E-state index is 12.7. The molecule has 0 spiro atoms. The lowest BCUT2D eigenvalue weighted by atomic mass is 10.2. The molecule has 3 rings (SSSR count). The number of pyridine rings is 1. The number of H-pyrrole nitrogens is 1. The molecule has 2 unspecified atom stereocenters. The molecule has 1 aromatic heterocycles. The third-order valence-corrected chi connectivity index (χ3v) is 7.88. The van der Waals surface area contributed by atoms with E-state index < -0.39 is 34.6 Å². The second-order valence-electron chi connectivity index (χ2n) is 7.06. The van der Waals surface area contributed by atoms with Crippen molar-refractivity contribution in [2.24, 2.45) is 0 Å². The van der Waals surface area contributed by atoms with Crippen LogP contribution < -0.4 is 15.7 Å². The van der Waals surface area contributed by atoms with Crippen LogP contribution in [0.25, 0.3) is 10.9 Å². The van der Waals surface area contributed by atoms with E-state index >= 15 is 0 Å². The molecule has 0 saturated heterocycles. The quantitative estimate of drug-likeness (QED) is 0.303. The van der Waals surface area contributed by atoms with Crippen molar-refractivity contribution in [1.82, 2.24) is 9.87 Å². The molecule has 3 aromatic rings. The zero-order valence-corrected chi connectivity index (χ0v) is 19.7. The summed E-state index contributed by atoms with van der Waals surface area (Å²) in [5.41, 5.74) is 0.112. The van der Waals surface area contributed by atoms with Crippen LogP contribution in [0.4, 0.5) is 0 Å². The lowest BCUT2D eigenvalue weighted by Gasteiger charge is -2.17. The summed E-state index contributed by atoms with van der Waals surface area (Å²) in [7, 11) is -8.64. The van der Waals surface area contributed by atoms with E-state index in [2.05, 4.69) is 4.98 Å². The van der Waals surface area contributed by atoms with Gasteiger partial charge in [0, 0.05) is 10.9 Å². The van der Waals surface area contributed by atoms with Gasteiger partial charge < -0.3 is 14.4 Å². The number of benzene rings is 2. The number of halogens is 1. The molecule has 1 heterocycles. The molecular formula is C20H22ClN2O7PS. The van der Waals surface area contributed by atoms with Crippen LogP contribution in [-0.2, 0) is 30.6 Å². The van der Waals surface area contributed by atoms with Gasteiger partial charge in [-0.05, 0) is 37.1 Å². The van der Waals surface area contributed by atoms with Gasteiger partial charge in [0.15, 0.2) is 0 Å². The van der Waals surface area contributed by atoms with Gasteiger partial charge >= 0.3 is 7.60 Å². The van der Waals surface area contributed by atoms with Crippen LogP contribution in [0, 0.1) is 0 Å². The molecule has 172 valence electrons. The van der Waals surface area contributed by atoms with Gasteiger partial charge in [0.2, 0.25) is 0 Å². The first-order valence-electron chi connectivity index (χ1n) is 9.59. The second-order valence-corrected chi connectivity index (χ2v) is 10.8. The highest BCUT2D eigenvalue weighted by Crippen LogP contribution is 2.42. The summed E-state index contributed by atoms with van der Waals surface area (Å²) < 4.78 is 43.1. The van der Waals surface area contributed by atoms with Gasteiger partial charge in [0.25, 0.3) is 15.6 Å². The fourth-order valence-corrected chi connectivity index (χ4v) is 5.53. The minimum atomic E-state index is -4.45. The maximum atomic E-state index is 12.7. The number of hydrogen-bond donors (Lipinski definition) is 3. The van der Waals surface area contributed by atoms with Crippen LogP contribution in [-0.4, -0.2) is 24.4 Å². The van der Waals surface area contributed by atoms with Crippen molar-refractivity contribution < 1.29 is 27.2 Å². The normalized spacial score (nSPS) is 14.9. The molecule has 0 fully saturated rings. The summed E-state index contributed by atoms with van der Waals surface area (Å²) in [6, 6.07) is 12.5. The summed E-state index contributed by atoms with van der Waals surface area (Å²) in [6.07, 6.45) is -0.101. The Morgan fingerprint density at radius 1 is 1.22 bits per heavy atom. The highest BCUT2D eigenvalue weighted by atomic mass is 35.5. The van der Waals surface area contributed by atoms with Crippen LogP contribution >= 0.6 is 19.2 Å². The number of nitrogens with one attached hydrogen (secondary N) is 2. The van der Waals surface area contributed by atoms with E-state index in [0.717, 1.165) is 11.6 Å². The first kappa shape index (κ1) is 24.6. The molecule has 0 aliphatic carbocycles. The second kappa shape index (κ2) is 9.84. The third kappa shape index (κ3) is 5.65. The molecule has 9 nitrogen and oxygen atoms in total. The first-order chi connectivity index (χ1) is 15.0. The number of sulfonamides is 1. The van der Waals surface area contributed by atoms with E-state index in [9.17, 15) is 22.7 Å². The molecule has 0 aliphatic heterocycles. The van der Waals surface area contributed by atoms with Crippen molar-refractivity contribution in [3.63, 3.8) is 0 Å². The number of hydrogen-bond acceptors (Lipinski definition) is 6. The predicted molar refractivity (Wildman–Crippen MR) is 121 cm³/mol. The van der Waals surface area contributed by atoms with E-state index in [1.165, 1.54) is 12.1 Å². The lowest BCUT2D eigenvalue weighted by Crippen LogP contribution is -2.29. The molecule has 3 N–H and O–H groups in total. The van der Waals surface area contributed by atoms with Crippen molar-refractivity contribution in [3.05, 3.63) is 69.5 Å². The lowest BCUT2D eigenvalue weighted by molar-refractivity contribution is 0.0795. The molecule has 12 heteroatoms. The summed E-state index contributed by atoms with van der Waals surface area (Å²) >= 11 is 6.13. The fourth-order valence-electron chi connectivity index (χ4n) is 2.80.